The third-order valence-electron chi connectivity index (χ3n) is 4.85. The van der Waals surface area contributed by atoms with E-state index >= 15 is 0 Å². The molecule has 1 aliphatic rings. The summed E-state index contributed by atoms with van der Waals surface area (Å²) < 4.78 is 42.1. The maximum atomic E-state index is 12.6. The van der Waals surface area contributed by atoms with Gasteiger partial charge in [-0.3, -0.25) is 4.79 Å². The second kappa shape index (κ2) is 8.92. The minimum absolute atomic E-state index is 0.0818. The van der Waals surface area contributed by atoms with Gasteiger partial charge in [0.25, 0.3) is 0 Å². The van der Waals surface area contributed by atoms with Gasteiger partial charge in [-0.05, 0) is 48.4 Å². The van der Waals surface area contributed by atoms with E-state index in [0.29, 0.717) is 30.1 Å². The molecule has 0 saturated carbocycles. The molecular formula is C21H17ClF3N3O2S. The van der Waals surface area contributed by atoms with Gasteiger partial charge in [-0.2, -0.15) is 18.2 Å². The third-order valence-corrected chi connectivity index (χ3v) is 6.36. The van der Waals surface area contributed by atoms with Gasteiger partial charge in [0.05, 0.1) is 6.42 Å². The largest absolute Gasteiger partial charge is 0.471 e. The second-order valence-corrected chi connectivity index (χ2v) is 8.93. The number of thioether (sulfide) groups is 1. The molecule has 10 heteroatoms. The molecule has 31 heavy (non-hydrogen) atoms. The molecule has 2 heterocycles. The molecule has 1 aromatic heterocycles. The van der Waals surface area contributed by atoms with Gasteiger partial charge in [-0.1, -0.05) is 28.9 Å². The van der Waals surface area contributed by atoms with Crippen molar-refractivity contribution in [1.82, 2.24) is 15.0 Å². The number of nitrogens with zero attached hydrogens (tertiary/aromatic N) is 3. The predicted octanol–water partition coefficient (Wildman–Crippen LogP) is 5.34. The molecule has 5 nitrogen and oxygen atoms in total. The number of benzene rings is 2. The van der Waals surface area contributed by atoms with Crippen LogP contribution in [0.15, 0.2) is 57.9 Å². The zero-order chi connectivity index (χ0) is 22.0. The first-order valence-corrected chi connectivity index (χ1v) is 10.7. The van der Waals surface area contributed by atoms with Gasteiger partial charge in [0.15, 0.2) is 0 Å². The zero-order valence-corrected chi connectivity index (χ0v) is 17.7. The van der Waals surface area contributed by atoms with Crippen molar-refractivity contribution in [2.45, 2.75) is 29.2 Å². The fourth-order valence-electron chi connectivity index (χ4n) is 3.27. The van der Waals surface area contributed by atoms with Gasteiger partial charge in [-0.15, -0.1) is 11.8 Å². The Morgan fingerprint density at radius 3 is 2.52 bits per heavy atom. The lowest BCUT2D eigenvalue weighted by Crippen LogP contribution is -2.30. The van der Waals surface area contributed by atoms with Gasteiger partial charge in [0, 0.05) is 33.8 Å². The number of carbonyl (C=O) groups excluding carboxylic acids is 1. The number of carbonyl (C=O) groups is 1. The number of likely N-dealkylation sites (tertiary alicyclic amines) is 1. The Morgan fingerprint density at radius 1 is 1.16 bits per heavy atom. The molecule has 1 fully saturated rings. The molecule has 1 amide bonds. The average Bonchev–Trinajstić information content (AvgIpc) is 3.40. The van der Waals surface area contributed by atoms with E-state index in [1.54, 1.807) is 36.0 Å². The van der Waals surface area contributed by atoms with Crippen LogP contribution < -0.4 is 0 Å². The smallest absolute Gasteiger partial charge is 0.341 e. The first kappa shape index (κ1) is 21.7. The van der Waals surface area contributed by atoms with Crippen molar-refractivity contribution in [3.63, 3.8) is 0 Å². The Labute approximate surface area is 185 Å². The summed E-state index contributed by atoms with van der Waals surface area (Å²) in [5.74, 6) is -1.39. The van der Waals surface area contributed by atoms with E-state index in [4.69, 9.17) is 11.6 Å². The standard InChI is InChI=1S/C21H17ClF3N3O2S/c22-15-5-1-13(2-6-15)11-18(29)28-10-9-17(12-28)31-16-7-3-14(4-8-16)19-26-20(30-27-19)21(23,24)25/h1-8,17H,9-12H2/t17-/m0/s1. The van der Waals surface area contributed by atoms with Gasteiger partial charge < -0.3 is 9.42 Å². The molecular weight excluding hydrogens is 451 g/mol. The van der Waals surface area contributed by atoms with Crippen LogP contribution >= 0.6 is 23.4 Å². The van der Waals surface area contributed by atoms with Crippen LogP contribution in [0.2, 0.25) is 5.02 Å². The van der Waals surface area contributed by atoms with E-state index in [0.717, 1.165) is 16.9 Å². The normalized spacial score (nSPS) is 16.6. The fourth-order valence-corrected chi connectivity index (χ4v) is 4.55. The van der Waals surface area contributed by atoms with Crippen LogP contribution in [0.3, 0.4) is 0 Å². The maximum absolute atomic E-state index is 12.6. The summed E-state index contributed by atoms with van der Waals surface area (Å²) in [5, 5.41) is 4.28. The Morgan fingerprint density at radius 2 is 1.87 bits per heavy atom. The lowest BCUT2D eigenvalue weighted by atomic mass is 10.1. The third kappa shape index (κ3) is 5.40. The molecule has 0 aliphatic carbocycles. The van der Waals surface area contributed by atoms with E-state index in [1.165, 1.54) is 0 Å². The summed E-state index contributed by atoms with van der Waals surface area (Å²) >= 11 is 7.52. The minimum Gasteiger partial charge on any atom is -0.341 e. The number of amides is 1. The summed E-state index contributed by atoms with van der Waals surface area (Å²) in [5.41, 5.74) is 1.37. The van der Waals surface area contributed by atoms with E-state index in [2.05, 4.69) is 14.7 Å². The Kier molecular flexibility index (Phi) is 6.24. The number of hydrogen-bond donors (Lipinski definition) is 0. The van der Waals surface area contributed by atoms with Crippen molar-refractivity contribution in [3.05, 3.63) is 65.0 Å². The van der Waals surface area contributed by atoms with Gasteiger partial charge in [-0.25, -0.2) is 0 Å². The van der Waals surface area contributed by atoms with Crippen molar-refractivity contribution >= 4 is 29.3 Å². The first-order chi connectivity index (χ1) is 14.8. The van der Waals surface area contributed by atoms with Crippen LogP contribution in [0.5, 0.6) is 0 Å². The summed E-state index contributed by atoms with van der Waals surface area (Å²) in [6, 6.07) is 14.2. The molecule has 4 rings (SSSR count). The van der Waals surface area contributed by atoms with Crippen LogP contribution in [-0.2, 0) is 17.4 Å². The van der Waals surface area contributed by atoms with Crippen molar-refractivity contribution < 1.29 is 22.5 Å². The SMILES string of the molecule is O=C(Cc1ccc(Cl)cc1)N1CC[C@H](Sc2ccc(-c3noc(C(F)(F)F)n3)cc2)C1. The number of halogens is 4. The monoisotopic (exact) mass is 467 g/mol. The van der Waals surface area contributed by atoms with Crippen molar-refractivity contribution in [1.29, 1.82) is 0 Å². The van der Waals surface area contributed by atoms with E-state index in [-0.39, 0.29) is 17.0 Å². The van der Waals surface area contributed by atoms with Gasteiger partial charge in [0.1, 0.15) is 0 Å². The molecule has 0 bridgehead atoms. The maximum Gasteiger partial charge on any atom is 0.471 e. The van der Waals surface area contributed by atoms with Crippen molar-refractivity contribution in [2.24, 2.45) is 0 Å². The number of alkyl halides is 3. The van der Waals surface area contributed by atoms with Gasteiger partial charge in [0.2, 0.25) is 11.7 Å². The summed E-state index contributed by atoms with van der Waals surface area (Å²) in [6.45, 7) is 1.35. The van der Waals surface area contributed by atoms with Crippen LogP contribution in [0.1, 0.15) is 17.9 Å². The van der Waals surface area contributed by atoms with Gasteiger partial charge >= 0.3 is 12.1 Å². The molecule has 1 atom stereocenters. The zero-order valence-electron chi connectivity index (χ0n) is 16.1. The second-order valence-electron chi connectivity index (χ2n) is 7.12. The molecule has 2 aromatic carbocycles. The van der Waals surface area contributed by atoms with Crippen molar-refractivity contribution in [2.75, 3.05) is 13.1 Å². The Hall–Kier alpha value is -2.52. The van der Waals surface area contributed by atoms with Crippen LogP contribution in [0.4, 0.5) is 13.2 Å². The molecule has 1 aliphatic heterocycles. The minimum atomic E-state index is -4.67. The van der Waals surface area contributed by atoms with E-state index in [9.17, 15) is 18.0 Å². The lowest BCUT2D eigenvalue weighted by molar-refractivity contribution is -0.159. The molecule has 1 saturated heterocycles. The summed E-state index contributed by atoms with van der Waals surface area (Å²) in [6.07, 6.45) is -3.45. The van der Waals surface area contributed by atoms with Crippen LogP contribution in [-0.4, -0.2) is 39.3 Å². The molecule has 162 valence electrons. The molecule has 0 N–H and O–H groups in total. The van der Waals surface area contributed by atoms with Crippen LogP contribution in [0, 0.1) is 0 Å². The number of hydrogen-bond acceptors (Lipinski definition) is 5. The van der Waals surface area contributed by atoms with Crippen molar-refractivity contribution in [3.8, 4) is 11.4 Å². The highest BCUT2D eigenvalue weighted by Gasteiger charge is 2.38. The molecule has 0 radical (unpaired) electrons. The number of aromatic nitrogens is 2. The topological polar surface area (TPSA) is 59.2 Å². The van der Waals surface area contributed by atoms with Crippen LogP contribution in [0.25, 0.3) is 11.4 Å². The number of rotatable bonds is 5. The highest BCUT2D eigenvalue weighted by molar-refractivity contribution is 8.00. The highest BCUT2D eigenvalue weighted by Crippen LogP contribution is 2.32. The quantitative estimate of drug-likeness (QED) is 0.506. The summed E-state index contributed by atoms with van der Waals surface area (Å²) in [4.78, 5) is 18.8. The molecule has 3 aromatic rings. The molecule has 0 spiro atoms. The van der Waals surface area contributed by atoms with E-state index in [1.807, 2.05) is 29.2 Å². The lowest BCUT2D eigenvalue weighted by Gasteiger charge is -2.16. The molecule has 0 unspecified atom stereocenters. The average molecular weight is 468 g/mol. The fraction of sp³-hybridized carbons (Fsp3) is 0.286. The Balaban J connectivity index is 1.32. The predicted molar refractivity (Wildman–Crippen MR) is 111 cm³/mol. The van der Waals surface area contributed by atoms with E-state index < -0.39 is 12.1 Å². The Bertz CT molecular complexity index is 1050. The summed E-state index contributed by atoms with van der Waals surface area (Å²) in [7, 11) is 0. The highest BCUT2D eigenvalue weighted by atomic mass is 35.5. The first-order valence-electron chi connectivity index (χ1n) is 9.48.